The minimum atomic E-state index is -0.511. The zero-order valence-corrected chi connectivity index (χ0v) is 16.4. The second-order valence-corrected chi connectivity index (χ2v) is 6.91. The van der Waals surface area contributed by atoms with Gasteiger partial charge in [-0.25, -0.2) is 5.43 Å². The van der Waals surface area contributed by atoms with E-state index in [9.17, 15) is 9.90 Å². The van der Waals surface area contributed by atoms with E-state index in [-0.39, 0.29) is 21.4 Å². The normalized spacial score (nSPS) is 11.3. The number of phenols is 1. The third-order valence-electron chi connectivity index (χ3n) is 4.19. The molecule has 3 aromatic rings. The van der Waals surface area contributed by atoms with Crippen molar-refractivity contribution < 1.29 is 9.90 Å². The second kappa shape index (κ2) is 9.40. The summed E-state index contributed by atoms with van der Waals surface area (Å²) in [5.74, 6) is -0.414. The largest absolute Gasteiger partial charge is 0.507 e. The van der Waals surface area contributed by atoms with E-state index in [2.05, 4.69) is 10.5 Å². The molecule has 6 heteroatoms. The Morgan fingerprint density at radius 2 is 1.54 bits per heavy atom. The topological polar surface area (TPSA) is 61.7 Å². The summed E-state index contributed by atoms with van der Waals surface area (Å²) in [6.45, 7) is 0. The minimum absolute atomic E-state index is 0.0966. The van der Waals surface area contributed by atoms with Gasteiger partial charge in [-0.2, -0.15) is 5.10 Å². The first-order chi connectivity index (χ1) is 13.6. The van der Waals surface area contributed by atoms with E-state index in [1.807, 2.05) is 30.3 Å². The van der Waals surface area contributed by atoms with Crippen molar-refractivity contribution in [3.63, 3.8) is 0 Å². The number of phenolic OH excluding ortho intramolecular Hbond substituents is 1. The maximum absolute atomic E-state index is 12.5. The molecule has 4 nitrogen and oxygen atoms in total. The number of aromatic hydroxyl groups is 1. The molecule has 28 heavy (non-hydrogen) atoms. The molecule has 0 spiro atoms. The summed E-state index contributed by atoms with van der Waals surface area (Å²) < 4.78 is 0. The summed E-state index contributed by atoms with van der Waals surface area (Å²) >= 11 is 12.2. The van der Waals surface area contributed by atoms with Crippen molar-refractivity contribution in [2.45, 2.75) is 12.8 Å². The first-order valence-electron chi connectivity index (χ1n) is 8.69. The summed E-state index contributed by atoms with van der Waals surface area (Å²) in [7, 11) is 0. The molecule has 0 bridgehead atoms. The minimum Gasteiger partial charge on any atom is -0.507 e. The number of carbonyl (C=O) groups is 1. The van der Waals surface area contributed by atoms with E-state index in [0.29, 0.717) is 24.1 Å². The van der Waals surface area contributed by atoms with Gasteiger partial charge in [0, 0.05) is 5.56 Å². The highest BCUT2D eigenvalue weighted by atomic mass is 35.5. The second-order valence-electron chi connectivity index (χ2n) is 6.10. The van der Waals surface area contributed by atoms with Crippen LogP contribution in [0.25, 0.3) is 0 Å². The number of amides is 1. The molecule has 0 aromatic heterocycles. The maximum atomic E-state index is 12.5. The fraction of sp³-hybridized carbons (Fsp3) is 0.0909. The van der Waals surface area contributed by atoms with Gasteiger partial charge in [-0.1, -0.05) is 71.7 Å². The molecule has 0 aliphatic rings. The fourth-order valence-corrected chi connectivity index (χ4v) is 3.33. The molecule has 0 aliphatic carbocycles. The van der Waals surface area contributed by atoms with Crippen molar-refractivity contribution in [2.75, 3.05) is 0 Å². The Balaban J connectivity index is 1.85. The number of nitrogens with zero attached hydrogens (tertiary/aromatic N) is 1. The average Bonchev–Trinajstić information content (AvgIpc) is 2.69. The number of hydrogen-bond donors (Lipinski definition) is 2. The Hall–Kier alpha value is -2.82. The van der Waals surface area contributed by atoms with Crippen LogP contribution in [0.5, 0.6) is 5.75 Å². The lowest BCUT2D eigenvalue weighted by Gasteiger charge is -2.10. The van der Waals surface area contributed by atoms with Crippen LogP contribution >= 0.6 is 23.2 Å². The molecule has 0 saturated heterocycles. The van der Waals surface area contributed by atoms with Gasteiger partial charge in [0.15, 0.2) is 0 Å². The van der Waals surface area contributed by atoms with Crippen molar-refractivity contribution in [1.29, 1.82) is 0 Å². The number of carbonyl (C=O) groups excluding carboxylic acids is 1. The van der Waals surface area contributed by atoms with Crippen LogP contribution in [0, 0.1) is 0 Å². The Bertz CT molecular complexity index is 984. The molecule has 0 aliphatic heterocycles. The van der Waals surface area contributed by atoms with Crippen molar-refractivity contribution in [3.8, 4) is 5.75 Å². The summed E-state index contributed by atoms with van der Waals surface area (Å²) in [4.78, 5) is 12.5. The highest BCUT2D eigenvalue weighted by molar-refractivity contribution is 6.39. The molecule has 0 atom stereocenters. The maximum Gasteiger partial charge on any atom is 0.274 e. The van der Waals surface area contributed by atoms with Crippen molar-refractivity contribution in [2.24, 2.45) is 5.10 Å². The molecule has 0 unspecified atom stereocenters. The van der Waals surface area contributed by atoms with E-state index in [1.165, 1.54) is 0 Å². The molecule has 3 rings (SSSR count). The number of rotatable bonds is 6. The molecule has 0 fully saturated rings. The Morgan fingerprint density at radius 1 is 0.893 bits per heavy atom. The fourth-order valence-electron chi connectivity index (χ4n) is 2.76. The highest BCUT2D eigenvalue weighted by Crippen LogP contribution is 2.24. The standard InChI is InChI=1S/C22H18Cl2N2O2/c23-17-10-6-11-18(24)21(17)22(28)26-25-19(16-9-4-5-12-20(16)27)14-13-15-7-2-1-3-8-15/h1-12,27H,13-14H2,(H,26,28)/b25-19+. The third-order valence-corrected chi connectivity index (χ3v) is 4.82. The number of benzene rings is 3. The summed E-state index contributed by atoms with van der Waals surface area (Å²) in [6, 6.07) is 21.6. The van der Waals surface area contributed by atoms with Gasteiger partial charge in [-0.15, -0.1) is 0 Å². The van der Waals surface area contributed by atoms with Crippen LogP contribution < -0.4 is 5.43 Å². The predicted molar refractivity (Wildman–Crippen MR) is 113 cm³/mol. The number of hydrazone groups is 1. The molecule has 0 radical (unpaired) electrons. The SMILES string of the molecule is O=C(N/N=C(\CCc1ccccc1)c1ccccc1O)c1c(Cl)cccc1Cl. The van der Waals surface area contributed by atoms with Gasteiger partial charge in [0.1, 0.15) is 5.75 Å². The summed E-state index contributed by atoms with van der Waals surface area (Å²) in [6.07, 6.45) is 1.23. The van der Waals surface area contributed by atoms with Gasteiger partial charge in [0.25, 0.3) is 5.91 Å². The van der Waals surface area contributed by atoms with Crippen molar-refractivity contribution in [1.82, 2.24) is 5.43 Å². The molecule has 1 amide bonds. The van der Waals surface area contributed by atoms with E-state index in [1.54, 1.807) is 42.5 Å². The van der Waals surface area contributed by atoms with Crippen LogP contribution in [0.4, 0.5) is 0 Å². The van der Waals surface area contributed by atoms with E-state index in [0.717, 1.165) is 5.56 Å². The molecular formula is C22H18Cl2N2O2. The van der Waals surface area contributed by atoms with Crippen LogP contribution in [-0.4, -0.2) is 16.7 Å². The molecule has 0 saturated carbocycles. The van der Waals surface area contributed by atoms with Crippen molar-refractivity contribution >= 4 is 34.8 Å². The third kappa shape index (κ3) is 4.91. The number of para-hydroxylation sites is 1. The predicted octanol–water partition coefficient (Wildman–Crippen LogP) is 5.47. The molecule has 142 valence electrons. The zero-order chi connectivity index (χ0) is 19.9. The first kappa shape index (κ1) is 19.9. The molecule has 3 aromatic carbocycles. The lowest BCUT2D eigenvalue weighted by Crippen LogP contribution is -2.21. The number of hydrogen-bond acceptors (Lipinski definition) is 3. The van der Waals surface area contributed by atoms with E-state index < -0.39 is 5.91 Å². The average molecular weight is 413 g/mol. The smallest absolute Gasteiger partial charge is 0.274 e. The van der Waals surface area contributed by atoms with Gasteiger partial charge in [0.05, 0.1) is 21.3 Å². The number of halogens is 2. The van der Waals surface area contributed by atoms with Crippen LogP contribution in [0.3, 0.4) is 0 Å². The van der Waals surface area contributed by atoms with Gasteiger partial charge in [-0.3, -0.25) is 4.79 Å². The lowest BCUT2D eigenvalue weighted by molar-refractivity contribution is 0.0955. The highest BCUT2D eigenvalue weighted by Gasteiger charge is 2.15. The van der Waals surface area contributed by atoms with Gasteiger partial charge >= 0.3 is 0 Å². The zero-order valence-electron chi connectivity index (χ0n) is 14.9. The first-order valence-corrected chi connectivity index (χ1v) is 9.45. The number of aryl methyl sites for hydroxylation is 1. The quantitative estimate of drug-likeness (QED) is 0.416. The van der Waals surface area contributed by atoms with E-state index >= 15 is 0 Å². The molecular weight excluding hydrogens is 395 g/mol. The van der Waals surface area contributed by atoms with Crippen LogP contribution in [0.2, 0.25) is 10.0 Å². The van der Waals surface area contributed by atoms with Crippen LogP contribution in [-0.2, 0) is 6.42 Å². The van der Waals surface area contributed by atoms with Crippen LogP contribution in [0.1, 0.15) is 27.9 Å². The lowest BCUT2D eigenvalue weighted by atomic mass is 10.0. The van der Waals surface area contributed by atoms with Crippen LogP contribution in [0.15, 0.2) is 77.9 Å². The van der Waals surface area contributed by atoms with Crippen molar-refractivity contribution in [3.05, 3.63) is 99.5 Å². The van der Waals surface area contributed by atoms with Gasteiger partial charge in [-0.05, 0) is 42.7 Å². The van der Waals surface area contributed by atoms with Gasteiger partial charge in [0.2, 0.25) is 0 Å². The van der Waals surface area contributed by atoms with E-state index in [4.69, 9.17) is 23.2 Å². The summed E-state index contributed by atoms with van der Waals surface area (Å²) in [5.41, 5.74) is 4.92. The number of nitrogens with one attached hydrogen (secondary N) is 1. The molecule has 0 heterocycles. The Labute approximate surface area is 173 Å². The molecule has 2 N–H and O–H groups in total. The van der Waals surface area contributed by atoms with Gasteiger partial charge < -0.3 is 5.11 Å². The Kier molecular flexibility index (Phi) is 6.69. The monoisotopic (exact) mass is 412 g/mol. The summed E-state index contributed by atoms with van der Waals surface area (Å²) in [5, 5.41) is 15.0. The Morgan fingerprint density at radius 3 is 2.21 bits per heavy atom.